The molecule has 3 aromatic rings. The van der Waals surface area contributed by atoms with Gasteiger partial charge in [0.2, 0.25) is 0 Å². The van der Waals surface area contributed by atoms with Crippen molar-refractivity contribution in [1.82, 2.24) is 10.2 Å². The number of aromatic amines is 1. The van der Waals surface area contributed by atoms with Crippen molar-refractivity contribution in [3.05, 3.63) is 70.9 Å². The van der Waals surface area contributed by atoms with Crippen LogP contribution in [-0.2, 0) is 9.84 Å². The Morgan fingerprint density at radius 1 is 1.04 bits per heavy atom. The van der Waals surface area contributed by atoms with E-state index in [4.69, 9.17) is 0 Å². The molecule has 0 radical (unpaired) electrons. The number of nitrogens with one attached hydrogen (secondary N) is 1. The zero-order chi connectivity index (χ0) is 17.3. The molecule has 0 saturated carbocycles. The van der Waals surface area contributed by atoms with Crippen molar-refractivity contribution in [1.29, 1.82) is 0 Å². The largest absolute Gasteiger partial charge is 0.272 e. The summed E-state index contributed by atoms with van der Waals surface area (Å²) in [7, 11) is -3.31. The van der Waals surface area contributed by atoms with E-state index in [0.717, 1.165) is 6.26 Å². The minimum absolute atomic E-state index is 0.177. The van der Waals surface area contributed by atoms with Gasteiger partial charge in [0.1, 0.15) is 5.82 Å². The quantitative estimate of drug-likeness (QED) is 0.792. The average molecular weight is 344 g/mol. The average Bonchev–Trinajstić information content (AvgIpc) is 2.54. The third kappa shape index (κ3) is 3.11. The molecule has 0 fully saturated rings. The SMILES string of the molecule is CS(=O)(=O)c1ccc(-c2cn[nH]c(=O)c2-c2cccc(F)c2)cc1. The first kappa shape index (κ1) is 16.1. The monoisotopic (exact) mass is 344 g/mol. The molecule has 0 spiro atoms. The Balaban J connectivity index is 2.19. The Bertz CT molecular complexity index is 1060. The van der Waals surface area contributed by atoms with Crippen LogP contribution in [0.2, 0.25) is 0 Å². The van der Waals surface area contributed by atoms with E-state index < -0.39 is 21.2 Å². The Kier molecular flexibility index (Phi) is 4.02. The zero-order valence-corrected chi connectivity index (χ0v) is 13.5. The van der Waals surface area contributed by atoms with Gasteiger partial charge < -0.3 is 0 Å². The molecule has 0 amide bonds. The lowest BCUT2D eigenvalue weighted by Crippen LogP contribution is -2.12. The van der Waals surface area contributed by atoms with Gasteiger partial charge in [0, 0.05) is 11.8 Å². The summed E-state index contributed by atoms with van der Waals surface area (Å²) in [5, 5.41) is 6.13. The molecule has 0 saturated heterocycles. The van der Waals surface area contributed by atoms with Crippen molar-refractivity contribution in [2.24, 2.45) is 0 Å². The van der Waals surface area contributed by atoms with Crippen LogP contribution in [0, 0.1) is 5.82 Å². The van der Waals surface area contributed by atoms with E-state index in [1.165, 1.54) is 36.5 Å². The molecule has 0 aliphatic carbocycles. The topological polar surface area (TPSA) is 79.9 Å². The van der Waals surface area contributed by atoms with Crippen molar-refractivity contribution < 1.29 is 12.8 Å². The van der Waals surface area contributed by atoms with E-state index in [1.54, 1.807) is 18.2 Å². The number of hydrogen-bond acceptors (Lipinski definition) is 4. The van der Waals surface area contributed by atoms with Crippen molar-refractivity contribution in [3.63, 3.8) is 0 Å². The van der Waals surface area contributed by atoms with Gasteiger partial charge in [-0.3, -0.25) is 4.79 Å². The highest BCUT2D eigenvalue weighted by Gasteiger charge is 2.14. The fourth-order valence-corrected chi connectivity index (χ4v) is 3.06. The third-order valence-corrected chi connectivity index (χ3v) is 4.69. The molecule has 0 aliphatic rings. The first-order valence-corrected chi connectivity index (χ1v) is 8.89. The lowest BCUT2D eigenvalue weighted by molar-refractivity contribution is 0.602. The normalized spacial score (nSPS) is 11.4. The van der Waals surface area contributed by atoms with Gasteiger partial charge in [-0.15, -0.1) is 0 Å². The second kappa shape index (κ2) is 6.01. The van der Waals surface area contributed by atoms with E-state index in [9.17, 15) is 17.6 Å². The second-order valence-electron chi connectivity index (χ2n) is 5.29. The van der Waals surface area contributed by atoms with E-state index in [0.29, 0.717) is 16.7 Å². The van der Waals surface area contributed by atoms with Crippen LogP contribution in [0.5, 0.6) is 0 Å². The minimum atomic E-state index is -3.31. The molecule has 0 atom stereocenters. The highest BCUT2D eigenvalue weighted by atomic mass is 32.2. The summed E-state index contributed by atoms with van der Waals surface area (Å²) < 4.78 is 36.6. The van der Waals surface area contributed by atoms with Gasteiger partial charge in [0.25, 0.3) is 5.56 Å². The van der Waals surface area contributed by atoms with Crippen LogP contribution in [0.1, 0.15) is 0 Å². The van der Waals surface area contributed by atoms with Crippen LogP contribution in [0.3, 0.4) is 0 Å². The van der Waals surface area contributed by atoms with Gasteiger partial charge in [0.05, 0.1) is 16.7 Å². The molecular formula is C17H13FN2O3S. The number of aromatic nitrogens is 2. The van der Waals surface area contributed by atoms with Crippen LogP contribution in [-0.4, -0.2) is 24.9 Å². The standard InChI is InChI=1S/C17H13FN2O3S/c1-24(22,23)14-7-5-11(6-8-14)15-10-19-20-17(21)16(15)12-3-2-4-13(18)9-12/h2-10H,1H3,(H,20,21). The van der Waals surface area contributed by atoms with Crippen molar-refractivity contribution in [2.45, 2.75) is 4.90 Å². The number of rotatable bonds is 3. The Labute approximate surface area is 137 Å². The van der Waals surface area contributed by atoms with Crippen LogP contribution < -0.4 is 5.56 Å². The molecule has 2 aromatic carbocycles. The van der Waals surface area contributed by atoms with Gasteiger partial charge in [-0.25, -0.2) is 17.9 Å². The summed E-state index contributed by atoms with van der Waals surface area (Å²) in [6.45, 7) is 0. The van der Waals surface area contributed by atoms with E-state index in [2.05, 4.69) is 10.2 Å². The Morgan fingerprint density at radius 3 is 2.38 bits per heavy atom. The summed E-state index contributed by atoms with van der Waals surface area (Å²) in [6.07, 6.45) is 2.58. The summed E-state index contributed by atoms with van der Waals surface area (Å²) in [5.74, 6) is -0.456. The summed E-state index contributed by atoms with van der Waals surface area (Å²) in [4.78, 5) is 12.4. The van der Waals surface area contributed by atoms with Crippen molar-refractivity contribution in [3.8, 4) is 22.3 Å². The van der Waals surface area contributed by atoms with Crippen LogP contribution >= 0.6 is 0 Å². The first-order valence-electron chi connectivity index (χ1n) is 7.00. The minimum Gasteiger partial charge on any atom is -0.267 e. The van der Waals surface area contributed by atoms with Crippen molar-refractivity contribution in [2.75, 3.05) is 6.26 Å². The number of benzene rings is 2. The fraction of sp³-hybridized carbons (Fsp3) is 0.0588. The number of sulfone groups is 1. The zero-order valence-electron chi connectivity index (χ0n) is 12.7. The predicted molar refractivity (Wildman–Crippen MR) is 88.8 cm³/mol. The van der Waals surface area contributed by atoms with Gasteiger partial charge in [-0.1, -0.05) is 24.3 Å². The van der Waals surface area contributed by atoms with E-state index >= 15 is 0 Å². The maximum Gasteiger partial charge on any atom is 0.272 e. The fourth-order valence-electron chi connectivity index (χ4n) is 2.43. The van der Waals surface area contributed by atoms with E-state index in [1.807, 2.05) is 0 Å². The second-order valence-corrected chi connectivity index (χ2v) is 7.31. The molecule has 3 rings (SSSR count). The number of nitrogens with zero attached hydrogens (tertiary/aromatic N) is 1. The van der Waals surface area contributed by atoms with Crippen LogP contribution in [0.4, 0.5) is 4.39 Å². The third-order valence-electron chi connectivity index (χ3n) is 3.56. The molecule has 1 N–H and O–H groups in total. The molecule has 5 nitrogen and oxygen atoms in total. The predicted octanol–water partition coefficient (Wildman–Crippen LogP) is 2.65. The molecule has 0 aliphatic heterocycles. The molecule has 7 heteroatoms. The molecular weight excluding hydrogens is 331 g/mol. The lowest BCUT2D eigenvalue weighted by Gasteiger charge is -2.09. The van der Waals surface area contributed by atoms with Gasteiger partial charge in [0.15, 0.2) is 9.84 Å². The summed E-state index contributed by atoms with van der Waals surface area (Å²) in [6, 6.07) is 11.8. The summed E-state index contributed by atoms with van der Waals surface area (Å²) in [5.41, 5.74) is 1.34. The first-order chi connectivity index (χ1) is 11.4. The van der Waals surface area contributed by atoms with Gasteiger partial charge >= 0.3 is 0 Å². The summed E-state index contributed by atoms with van der Waals surface area (Å²) >= 11 is 0. The molecule has 0 bridgehead atoms. The van der Waals surface area contributed by atoms with Gasteiger partial charge in [-0.05, 0) is 35.4 Å². The maximum absolute atomic E-state index is 13.5. The Morgan fingerprint density at radius 2 is 1.75 bits per heavy atom. The molecule has 122 valence electrons. The number of halogens is 1. The number of hydrogen-bond donors (Lipinski definition) is 1. The maximum atomic E-state index is 13.5. The van der Waals surface area contributed by atoms with Crippen LogP contribution in [0.15, 0.2) is 64.4 Å². The van der Waals surface area contributed by atoms with Crippen molar-refractivity contribution >= 4 is 9.84 Å². The molecule has 24 heavy (non-hydrogen) atoms. The van der Waals surface area contributed by atoms with E-state index in [-0.39, 0.29) is 10.5 Å². The smallest absolute Gasteiger partial charge is 0.267 e. The van der Waals surface area contributed by atoms with Crippen LogP contribution in [0.25, 0.3) is 22.3 Å². The highest BCUT2D eigenvalue weighted by molar-refractivity contribution is 7.90. The Hall–Kier alpha value is -2.80. The lowest BCUT2D eigenvalue weighted by atomic mass is 9.97. The molecule has 0 unspecified atom stereocenters. The molecule has 1 aromatic heterocycles. The highest BCUT2D eigenvalue weighted by Crippen LogP contribution is 2.29. The number of H-pyrrole nitrogens is 1. The molecule has 1 heterocycles. The van der Waals surface area contributed by atoms with Gasteiger partial charge in [-0.2, -0.15) is 5.10 Å².